The number of rotatable bonds is 3. The monoisotopic (exact) mass is 368 g/mol. The third kappa shape index (κ3) is 3.88. The third-order valence-corrected chi connectivity index (χ3v) is 6.16. The van der Waals surface area contributed by atoms with Crippen LogP contribution in [0, 0.1) is 22.7 Å². The van der Waals surface area contributed by atoms with Crippen LogP contribution in [0.25, 0.3) is 6.08 Å². The van der Waals surface area contributed by atoms with Gasteiger partial charge in [0.15, 0.2) is 0 Å². The first-order chi connectivity index (χ1) is 12.3. The highest BCUT2D eigenvalue weighted by molar-refractivity contribution is 7.16. The molecule has 2 heterocycles. The number of carbonyl (C=O) groups is 1. The lowest BCUT2D eigenvalue weighted by molar-refractivity contribution is -0.111. The molecule has 0 aromatic carbocycles. The quantitative estimate of drug-likeness (QED) is 0.827. The van der Waals surface area contributed by atoms with Gasteiger partial charge >= 0.3 is 0 Å². The van der Waals surface area contributed by atoms with Crippen LogP contribution in [0.2, 0.25) is 0 Å². The van der Waals surface area contributed by atoms with E-state index in [9.17, 15) is 10.1 Å². The molecule has 1 amide bonds. The lowest BCUT2D eigenvalue weighted by Gasteiger charge is -2.33. The molecule has 6 heteroatoms. The molecule has 136 valence electrons. The number of anilines is 1. The summed E-state index contributed by atoms with van der Waals surface area (Å²) in [6.07, 6.45) is 9.72. The zero-order valence-electron chi connectivity index (χ0n) is 15.7. The maximum absolute atomic E-state index is 12.3. The van der Waals surface area contributed by atoms with E-state index < -0.39 is 0 Å². The number of nitriles is 1. The molecule has 2 aromatic rings. The molecule has 0 bridgehead atoms. The van der Waals surface area contributed by atoms with E-state index in [1.165, 1.54) is 11.0 Å². The van der Waals surface area contributed by atoms with Crippen molar-refractivity contribution in [3.05, 3.63) is 40.0 Å². The van der Waals surface area contributed by atoms with Crippen LogP contribution in [-0.2, 0) is 24.7 Å². The van der Waals surface area contributed by atoms with Crippen molar-refractivity contribution >= 4 is 28.3 Å². The van der Waals surface area contributed by atoms with Crippen molar-refractivity contribution in [1.82, 2.24) is 9.78 Å². The van der Waals surface area contributed by atoms with Crippen LogP contribution in [0.1, 0.15) is 48.8 Å². The minimum absolute atomic E-state index is 0.226. The smallest absolute Gasteiger partial charge is 0.249 e. The number of thiophene rings is 1. The van der Waals surface area contributed by atoms with E-state index in [1.807, 2.05) is 13.2 Å². The Morgan fingerprint density at radius 2 is 2.27 bits per heavy atom. The molecule has 26 heavy (non-hydrogen) atoms. The Morgan fingerprint density at radius 3 is 2.88 bits per heavy atom. The van der Waals surface area contributed by atoms with Crippen LogP contribution in [0.15, 0.2) is 18.5 Å². The molecule has 3 rings (SSSR count). The van der Waals surface area contributed by atoms with Crippen molar-refractivity contribution < 1.29 is 4.79 Å². The summed E-state index contributed by atoms with van der Waals surface area (Å²) in [4.78, 5) is 13.5. The lowest BCUT2D eigenvalue weighted by Crippen LogP contribution is -2.26. The van der Waals surface area contributed by atoms with Crippen molar-refractivity contribution in [2.45, 2.75) is 40.0 Å². The number of nitrogens with one attached hydrogen (secondary N) is 1. The second-order valence-electron chi connectivity index (χ2n) is 7.90. The first-order valence-electron chi connectivity index (χ1n) is 8.80. The maximum Gasteiger partial charge on any atom is 0.249 e. The Labute approximate surface area is 158 Å². The zero-order chi connectivity index (χ0) is 18.9. The summed E-state index contributed by atoms with van der Waals surface area (Å²) < 4.78 is 1.68. The zero-order valence-corrected chi connectivity index (χ0v) is 16.5. The van der Waals surface area contributed by atoms with Crippen LogP contribution in [-0.4, -0.2) is 15.7 Å². The van der Waals surface area contributed by atoms with Crippen molar-refractivity contribution in [3.8, 4) is 6.07 Å². The van der Waals surface area contributed by atoms with Crippen LogP contribution in [0.5, 0.6) is 0 Å². The van der Waals surface area contributed by atoms with Crippen LogP contribution in [0.3, 0.4) is 0 Å². The molecule has 0 unspecified atom stereocenters. The summed E-state index contributed by atoms with van der Waals surface area (Å²) in [6.45, 7) is 6.81. The largest absolute Gasteiger partial charge is 0.313 e. The molecule has 0 spiro atoms. The number of fused-ring (bicyclic) bond motifs is 1. The molecule has 1 N–H and O–H groups in total. The number of aromatic nitrogens is 2. The molecule has 0 saturated carbocycles. The first-order valence-corrected chi connectivity index (χ1v) is 9.62. The van der Waals surface area contributed by atoms with Crippen molar-refractivity contribution in [1.29, 1.82) is 5.26 Å². The number of nitrogens with zero attached hydrogens (tertiary/aromatic N) is 3. The standard InChI is InChI=1S/C20H24N4OS/c1-20(2,3)14-6-7-15-16(10-21)19(26-17(15)9-14)23-18(25)8-5-13-11-22-24(4)12-13/h5,8,11-12,14H,6-7,9H2,1-4H3,(H,23,25)/b8-5+/t14-/m0/s1. The van der Waals surface area contributed by atoms with Gasteiger partial charge in [0, 0.05) is 29.8 Å². The molecule has 1 aliphatic carbocycles. The molecule has 0 saturated heterocycles. The fraction of sp³-hybridized carbons (Fsp3) is 0.450. The predicted molar refractivity (Wildman–Crippen MR) is 105 cm³/mol. The maximum atomic E-state index is 12.3. The van der Waals surface area contributed by atoms with Gasteiger partial charge in [-0.25, -0.2) is 0 Å². The van der Waals surface area contributed by atoms with Gasteiger partial charge in [-0.2, -0.15) is 10.4 Å². The molecular weight excluding hydrogens is 344 g/mol. The molecular formula is C20H24N4OS. The molecule has 0 radical (unpaired) electrons. The van der Waals surface area contributed by atoms with Gasteiger partial charge in [-0.05, 0) is 42.2 Å². The van der Waals surface area contributed by atoms with E-state index in [1.54, 1.807) is 28.3 Å². The van der Waals surface area contributed by atoms with Gasteiger partial charge < -0.3 is 5.32 Å². The highest BCUT2D eigenvalue weighted by Crippen LogP contribution is 2.43. The summed E-state index contributed by atoms with van der Waals surface area (Å²) in [5, 5.41) is 17.2. The summed E-state index contributed by atoms with van der Waals surface area (Å²) in [5.74, 6) is 0.380. The third-order valence-electron chi connectivity index (χ3n) is 4.99. The normalized spacial score (nSPS) is 17.1. The van der Waals surface area contributed by atoms with Gasteiger partial charge in [-0.1, -0.05) is 20.8 Å². The molecule has 0 fully saturated rings. The average Bonchev–Trinajstić information content (AvgIpc) is 3.14. The summed E-state index contributed by atoms with van der Waals surface area (Å²) >= 11 is 1.56. The highest BCUT2D eigenvalue weighted by atomic mass is 32.1. The van der Waals surface area contributed by atoms with E-state index in [2.05, 4.69) is 37.3 Å². The topological polar surface area (TPSA) is 70.7 Å². The molecule has 1 aliphatic rings. The van der Waals surface area contributed by atoms with Crippen molar-refractivity contribution in [2.75, 3.05) is 5.32 Å². The summed E-state index contributed by atoms with van der Waals surface area (Å²) in [7, 11) is 1.83. The second kappa shape index (κ2) is 7.08. The number of hydrogen-bond donors (Lipinski definition) is 1. The number of aryl methyl sites for hydroxylation is 1. The van der Waals surface area contributed by atoms with Gasteiger partial charge in [0.1, 0.15) is 11.1 Å². The number of hydrogen-bond acceptors (Lipinski definition) is 4. The molecule has 2 aromatic heterocycles. The van der Waals surface area contributed by atoms with Gasteiger partial charge in [-0.15, -0.1) is 11.3 Å². The summed E-state index contributed by atoms with van der Waals surface area (Å²) in [5.41, 5.74) is 2.89. The highest BCUT2D eigenvalue weighted by Gasteiger charge is 2.32. The Morgan fingerprint density at radius 1 is 1.50 bits per heavy atom. The minimum atomic E-state index is -0.226. The van der Waals surface area contributed by atoms with Crippen LogP contribution in [0.4, 0.5) is 5.00 Å². The fourth-order valence-corrected chi connectivity index (χ4v) is 4.66. The van der Waals surface area contributed by atoms with E-state index in [4.69, 9.17) is 0 Å². The van der Waals surface area contributed by atoms with Crippen LogP contribution >= 0.6 is 11.3 Å². The average molecular weight is 369 g/mol. The van der Waals surface area contributed by atoms with Crippen molar-refractivity contribution in [3.63, 3.8) is 0 Å². The predicted octanol–water partition coefficient (Wildman–Crippen LogP) is 4.16. The Kier molecular flexibility index (Phi) is 5.01. The Bertz CT molecular complexity index is 892. The van der Waals surface area contributed by atoms with Crippen LogP contribution < -0.4 is 5.32 Å². The van der Waals surface area contributed by atoms with E-state index >= 15 is 0 Å². The molecule has 1 atom stereocenters. The Hall–Kier alpha value is -2.39. The first kappa shape index (κ1) is 18.4. The number of carbonyl (C=O) groups excluding carboxylic acids is 1. The fourth-order valence-electron chi connectivity index (χ4n) is 3.38. The van der Waals surface area contributed by atoms with Gasteiger partial charge in [0.25, 0.3) is 0 Å². The van der Waals surface area contributed by atoms with Gasteiger partial charge in [0.05, 0.1) is 11.8 Å². The Balaban J connectivity index is 1.77. The SMILES string of the molecule is Cn1cc(/C=C/C(=O)Nc2sc3c(c2C#N)CC[C@H](C(C)(C)C)C3)cn1. The number of amides is 1. The van der Waals surface area contributed by atoms with E-state index in [-0.39, 0.29) is 11.3 Å². The van der Waals surface area contributed by atoms with Gasteiger partial charge in [0.2, 0.25) is 5.91 Å². The van der Waals surface area contributed by atoms with Crippen molar-refractivity contribution in [2.24, 2.45) is 18.4 Å². The van der Waals surface area contributed by atoms with E-state index in [0.717, 1.165) is 30.4 Å². The minimum Gasteiger partial charge on any atom is -0.313 e. The molecule has 0 aliphatic heterocycles. The van der Waals surface area contributed by atoms with Gasteiger partial charge in [-0.3, -0.25) is 9.48 Å². The van der Waals surface area contributed by atoms with E-state index in [0.29, 0.717) is 16.5 Å². The summed E-state index contributed by atoms with van der Waals surface area (Å²) in [6, 6.07) is 2.30. The lowest BCUT2D eigenvalue weighted by atomic mass is 9.72. The molecule has 5 nitrogen and oxygen atoms in total. The second-order valence-corrected chi connectivity index (χ2v) is 9.00.